The van der Waals surface area contributed by atoms with E-state index in [-0.39, 0.29) is 0 Å². The van der Waals surface area contributed by atoms with Crippen molar-refractivity contribution in [3.05, 3.63) is 29.8 Å². The summed E-state index contributed by atoms with van der Waals surface area (Å²) in [4.78, 5) is 17.4. The maximum absolute atomic E-state index is 12.9. The van der Waals surface area contributed by atoms with Crippen molar-refractivity contribution in [2.24, 2.45) is 0 Å². The van der Waals surface area contributed by atoms with Crippen LogP contribution in [0.25, 0.3) is 0 Å². The molecule has 2 saturated heterocycles. The number of likely N-dealkylation sites (tertiary alicyclic amines) is 2. The first-order chi connectivity index (χ1) is 12.2. The third-order valence-electron chi connectivity index (χ3n) is 5.70. The zero-order valence-corrected chi connectivity index (χ0v) is 15.7. The lowest BCUT2D eigenvalue weighted by Crippen LogP contribution is -2.47. The molecule has 2 aliphatic rings. The Balaban J connectivity index is 1.64. The number of carbonyl (C=O) groups excluding carboxylic acids is 1. The van der Waals surface area contributed by atoms with Crippen molar-refractivity contribution < 1.29 is 9.53 Å². The highest BCUT2D eigenvalue weighted by atomic mass is 16.5. The number of hydrogen-bond donors (Lipinski definition) is 0. The van der Waals surface area contributed by atoms with E-state index in [1.165, 1.54) is 24.8 Å². The van der Waals surface area contributed by atoms with Gasteiger partial charge in [-0.15, -0.1) is 0 Å². The first kappa shape index (κ1) is 18.2. The summed E-state index contributed by atoms with van der Waals surface area (Å²) in [5, 5.41) is 0. The van der Waals surface area contributed by atoms with Gasteiger partial charge in [-0.05, 0) is 69.7 Å². The average Bonchev–Trinajstić information content (AvgIpc) is 3.10. The van der Waals surface area contributed by atoms with Gasteiger partial charge in [0.1, 0.15) is 5.75 Å². The molecule has 0 unspecified atom stereocenters. The fourth-order valence-electron chi connectivity index (χ4n) is 4.36. The largest absolute Gasteiger partial charge is 0.494 e. The van der Waals surface area contributed by atoms with Gasteiger partial charge in [-0.2, -0.15) is 0 Å². The molecule has 4 heteroatoms. The first-order valence-electron chi connectivity index (χ1n) is 9.99. The van der Waals surface area contributed by atoms with Gasteiger partial charge in [-0.1, -0.05) is 19.1 Å². The van der Waals surface area contributed by atoms with E-state index >= 15 is 0 Å². The lowest BCUT2D eigenvalue weighted by Gasteiger charge is -2.37. The molecule has 2 fully saturated rings. The van der Waals surface area contributed by atoms with Crippen LogP contribution in [0.4, 0.5) is 0 Å². The van der Waals surface area contributed by atoms with Crippen LogP contribution in [0.3, 0.4) is 0 Å². The molecule has 2 aliphatic heterocycles. The fourth-order valence-corrected chi connectivity index (χ4v) is 4.36. The normalized spacial score (nSPS) is 24.5. The fraction of sp³-hybridized carbons (Fsp3) is 0.667. The number of amides is 1. The standard InChI is InChI=1S/C21H32N2O2/c1-3-18-8-5-6-15-23(18)21(24)16-22-14-7-9-20(22)17-10-12-19(13-11-17)25-4-2/h10-13,18,20H,3-9,14-16H2,1-2H3/t18-,20+/m1/s1. The Kier molecular flexibility index (Phi) is 6.35. The zero-order chi connectivity index (χ0) is 17.6. The average molecular weight is 344 g/mol. The summed E-state index contributed by atoms with van der Waals surface area (Å²) in [6.45, 7) is 7.43. The Bertz CT molecular complexity index is 558. The topological polar surface area (TPSA) is 32.8 Å². The molecular weight excluding hydrogens is 312 g/mol. The number of carbonyl (C=O) groups is 1. The Morgan fingerprint density at radius 1 is 1.08 bits per heavy atom. The van der Waals surface area contributed by atoms with Crippen LogP contribution in [0.5, 0.6) is 5.75 Å². The van der Waals surface area contributed by atoms with Gasteiger partial charge in [-0.3, -0.25) is 9.69 Å². The summed E-state index contributed by atoms with van der Waals surface area (Å²) < 4.78 is 5.54. The third kappa shape index (κ3) is 4.35. The molecule has 2 heterocycles. The predicted octanol–water partition coefficient (Wildman–Crippen LogP) is 4.01. The van der Waals surface area contributed by atoms with Gasteiger partial charge < -0.3 is 9.64 Å². The maximum Gasteiger partial charge on any atom is 0.237 e. The summed E-state index contributed by atoms with van der Waals surface area (Å²) in [5.41, 5.74) is 1.31. The Hall–Kier alpha value is -1.55. The second-order valence-electron chi connectivity index (χ2n) is 7.28. The van der Waals surface area contributed by atoms with Crippen molar-refractivity contribution >= 4 is 5.91 Å². The van der Waals surface area contributed by atoms with E-state index in [2.05, 4.69) is 41.0 Å². The van der Waals surface area contributed by atoms with Gasteiger partial charge in [-0.25, -0.2) is 0 Å². The molecule has 0 N–H and O–H groups in total. The minimum absolute atomic E-state index is 0.324. The minimum atomic E-state index is 0.324. The number of nitrogens with zero attached hydrogens (tertiary/aromatic N) is 2. The predicted molar refractivity (Wildman–Crippen MR) is 101 cm³/mol. The maximum atomic E-state index is 12.9. The van der Waals surface area contributed by atoms with Crippen LogP contribution in [-0.2, 0) is 4.79 Å². The van der Waals surface area contributed by atoms with E-state index in [4.69, 9.17) is 4.74 Å². The second kappa shape index (κ2) is 8.70. The van der Waals surface area contributed by atoms with Crippen LogP contribution in [0.2, 0.25) is 0 Å². The van der Waals surface area contributed by atoms with E-state index in [1.807, 2.05) is 6.92 Å². The number of rotatable bonds is 6. The molecule has 0 radical (unpaired) electrons. The van der Waals surface area contributed by atoms with E-state index in [0.29, 0.717) is 31.1 Å². The second-order valence-corrected chi connectivity index (χ2v) is 7.28. The van der Waals surface area contributed by atoms with Crippen LogP contribution < -0.4 is 4.74 Å². The van der Waals surface area contributed by atoms with Crippen molar-refractivity contribution in [3.63, 3.8) is 0 Å². The highest BCUT2D eigenvalue weighted by Crippen LogP contribution is 2.33. The molecule has 138 valence electrons. The Morgan fingerprint density at radius 3 is 2.60 bits per heavy atom. The third-order valence-corrected chi connectivity index (χ3v) is 5.70. The molecule has 3 rings (SSSR count). The highest BCUT2D eigenvalue weighted by molar-refractivity contribution is 5.78. The number of benzene rings is 1. The van der Waals surface area contributed by atoms with Crippen molar-refractivity contribution in [3.8, 4) is 5.75 Å². The molecule has 0 aliphatic carbocycles. The molecule has 2 atom stereocenters. The van der Waals surface area contributed by atoms with Crippen LogP contribution in [-0.4, -0.2) is 48.0 Å². The van der Waals surface area contributed by atoms with Crippen molar-refractivity contribution in [2.45, 2.75) is 64.5 Å². The van der Waals surface area contributed by atoms with Gasteiger partial charge in [0.15, 0.2) is 0 Å². The summed E-state index contributed by atoms with van der Waals surface area (Å²) in [7, 11) is 0. The SMILES string of the molecule is CCOc1ccc([C@@H]2CCCN2CC(=O)N2CCCC[C@H]2CC)cc1. The quantitative estimate of drug-likeness (QED) is 0.781. The smallest absolute Gasteiger partial charge is 0.237 e. The molecular formula is C21H32N2O2. The number of ether oxygens (including phenoxy) is 1. The van der Waals surface area contributed by atoms with Crippen molar-refractivity contribution in [2.75, 3.05) is 26.2 Å². The summed E-state index contributed by atoms with van der Waals surface area (Å²) in [5.74, 6) is 1.25. The Morgan fingerprint density at radius 2 is 1.88 bits per heavy atom. The van der Waals surface area contributed by atoms with Gasteiger partial charge >= 0.3 is 0 Å². The molecule has 0 spiro atoms. The highest BCUT2D eigenvalue weighted by Gasteiger charge is 2.31. The number of piperidine rings is 1. The molecule has 0 saturated carbocycles. The summed E-state index contributed by atoms with van der Waals surface area (Å²) in [6, 6.07) is 9.24. The van der Waals surface area contributed by atoms with Crippen LogP contribution in [0, 0.1) is 0 Å². The lowest BCUT2D eigenvalue weighted by atomic mass is 10.00. The van der Waals surface area contributed by atoms with Crippen molar-refractivity contribution in [1.82, 2.24) is 9.80 Å². The molecule has 25 heavy (non-hydrogen) atoms. The number of hydrogen-bond acceptors (Lipinski definition) is 3. The zero-order valence-electron chi connectivity index (χ0n) is 15.7. The minimum Gasteiger partial charge on any atom is -0.494 e. The molecule has 0 bridgehead atoms. The molecule has 4 nitrogen and oxygen atoms in total. The lowest BCUT2D eigenvalue weighted by molar-refractivity contribution is -0.136. The van der Waals surface area contributed by atoms with Crippen LogP contribution >= 0.6 is 0 Å². The van der Waals surface area contributed by atoms with Gasteiger partial charge in [0, 0.05) is 18.6 Å². The van der Waals surface area contributed by atoms with Gasteiger partial charge in [0.25, 0.3) is 0 Å². The van der Waals surface area contributed by atoms with Gasteiger partial charge in [0.2, 0.25) is 5.91 Å². The van der Waals surface area contributed by atoms with E-state index in [0.717, 1.165) is 38.1 Å². The van der Waals surface area contributed by atoms with E-state index in [9.17, 15) is 4.79 Å². The Labute approximate surface area is 152 Å². The van der Waals surface area contributed by atoms with Crippen molar-refractivity contribution in [1.29, 1.82) is 0 Å². The van der Waals surface area contributed by atoms with Gasteiger partial charge in [0.05, 0.1) is 13.2 Å². The molecule has 1 aromatic rings. The van der Waals surface area contributed by atoms with E-state index in [1.54, 1.807) is 0 Å². The van der Waals surface area contributed by atoms with E-state index < -0.39 is 0 Å². The monoisotopic (exact) mass is 344 g/mol. The summed E-state index contributed by atoms with van der Waals surface area (Å²) >= 11 is 0. The molecule has 1 aromatic carbocycles. The van der Waals surface area contributed by atoms with Crippen LogP contribution in [0.15, 0.2) is 24.3 Å². The van der Waals surface area contributed by atoms with Crippen LogP contribution in [0.1, 0.15) is 64.0 Å². The molecule has 0 aromatic heterocycles. The molecule has 1 amide bonds. The first-order valence-corrected chi connectivity index (χ1v) is 9.99. The summed E-state index contributed by atoms with van der Waals surface area (Å²) in [6.07, 6.45) is 6.98.